The zero-order valence-electron chi connectivity index (χ0n) is 13.1. The predicted octanol–water partition coefficient (Wildman–Crippen LogP) is 0.993. The van der Waals surface area contributed by atoms with Crippen LogP contribution in [0.15, 0.2) is 30.3 Å². The molecule has 1 saturated heterocycles. The van der Waals surface area contributed by atoms with Gasteiger partial charge in [-0.05, 0) is 19.4 Å². The molecule has 0 spiro atoms. The SMILES string of the molecule is CCOC(=O)[C@@H]1O[C@H](C)[C@H](NC(=O)OCc2ccccc2)[C@@H]1O. The Morgan fingerprint density at radius 3 is 2.61 bits per heavy atom. The lowest BCUT2D eigenvalue weighted by molar-refractivity contribution is -0.159. The molecule has 1 amide bonds. The molecular formula is C16H21NO6. The highest BCUT2D eigenvalue weighted by Crippen LogP contribution is 2.22. The van der Waals surface area contributed by atoms with E-state index in [-0.39, 0.29) is 13.2 Å². The molecule has 4 atom stereocenters. The van der Waals surface area contributed by atoms with Gasteiger partial charge in [-0.3, -0.25) is 0 Å². The molecule has 0 bridgehead atoms. The van der Waals surface area contributed by atoms with E-state index in [1.165, 1.54) is 0 Å². The standard InChI is InChI=1S/C16H21NO6/c1-3-21-15(19)14-13(18)12(10(2)23-14)17-16(20)22-9-11-7-5-4-6-8-11/h4-8,10,12-14,18H,3,9H2,1-2H3,(H,17,20)/t10-,12+,13+,14-/m1/s1. The fourth-order valence-corrected chi connectivity index (χ4v) is 2.39. The summed E-state index contributed by atoms with van der Waals surface area (Å²) in [6.45, 7) is 3.63. The molecule has 1 heterocycles. The lowest BCUT2D eigenvalue weighted by atomic mass is 10.1. The van der Waals surface area contributed by atoms with Gasteiger partial charge in [-0.15, -0.1) is 0 Å². The molecule has 1 aromatic carbocycles. The molecule has 7 nitrogen and oxygen atoms in total. The van der Waals surface area contributed by atoms with Crippen molar-refractivity contribution < 1.29 is 28.9 Å². The zero-order chi connectivity index (χ0) is 16.8. The monoisotopic (exact) mass is 323 g/mol. The summed E-state index contributed by atoms with van der Waals surface area (Å²) in [6, 6.07) is 8.48. The number of esters is 1. The molecule has 0 aromatic heterocycles. The van der Waals surface area contributed by atoms with Crippen molar-refractivity contribution in [3.63, 3.8) is 0 Å². The van der Waals surface area contributed by atoms with E-state index in [1.54, 1.807) is 13.8 Å². The Balaban J connectivity index is 1.86. The number of carbonyl (C=O) groups excluding carboxylic acids is 2. The largest absolute Gasteiger partial charge is 0.464 e. The fourth-order valence-electron chi connectivity index (χ4n) is 2.39. The first-order valence-corrected chi connectivity index (χ1v) is 7.50. The maximum absolute atomic E-state index is 11.8. The number of benzene rings is 1. The maximum Gasteiger partial charge on any atom is 0.407 e. The van der Waals surface area contributed by atoms with Crippen LogP contribution in [0.2, 0.25) is 0 Å². The molecule has 0 radical (unpaired) electrons. The summed E-state index contributed by atoms with van der Waals surface area (Å²) in [5.41, 5.74) is 0.850. The number of aliphatic hydroxyl groups excluding tert-OH is 1. The van der Waals surface area contributed by atoms with E-state index in [1.807, 2.05) is 30.3 Å². The first kappa shape index (κ1) is 17.2. The van der Waals surface area contributed by atoms with E-state index in [4.69, 9.17) is 14.2 Å². The van der Waals surface area contributed by atoms with Crippen LogP contribution < -0.4 is 5.32 Å². The molecule has 0 aliphatic carbocycles. The second kappa shape index (κ2) is 7.94. The van der Waals surface area contributed by atoms with E-state index in [0.29, 0.717) is 0 Å². The summed E-state index contributed by atoms with van der Waals surface area (Å²) in [5, 5.41) is 12.7. The van der Waals surface area contributed by atoms with Crippen molar-refractivity contribution >= 4 is 12.1 Å². The van der Waals surface area contributed by atoms with Gasteiger partial charge in [0.15, 0.2) is 6.10 Å². The molecule has 23 heavy (non-hydrogen) atoms. The predicted molar refractivity (Wildman–Crippen MR) is 80.5 cm³/mol. The number of ether oxygens (including phenoxy) is 3. The Morgan fingerprint density at radius 1 is 1.26 bits per heavy atom. The summed E-state index contributed by atoms with van der Waals surface area (Å²) in [5.74, 6) is -0.645. The highest BCUT2D eigenvalue weighted by Gasteiger charge is 2.46. The normalized spacial score (nSPS) is 26.6. The Bertz CT molecular complexity index is 535. The average molecular weight is 323 g/mol. The van der Waals surface area contributed by atoms with Crippen LogP contribution in [0.3, 0.4) is 0 Å². The number of amides is 1. The van der Waals surface area contributed by atoms with E-state index in [2.05, 4.69) is 5.32 Å². The number of hydrogen-bond donors (Lipinski definition) is 2. The maximum atomic E-state index is 11.8. The van der Waals surface area contributed by atoms with Crippen LogP contribution in [0.25, 0.3) is 0 Å². The third-order valence-corrected chi connectivity index (χ3v) is 3.56. The summed E-state index contributed by atoms with van der Waals surface area (Å²) in [7, 11) is 0. The highest BCUT2D eigenvalue weighted by atomic mass is 16.6. The van der Waals surface area contributed by atoms with Gasteiger partial charge in [-0.2, -0.15) is 0 Å². The number of nitrogens with one attached hydrogen (secondary N) is 1. The van der Waals surface area contributed by atoms with E-state index >= 15 is 0 Å². The van der Waals surface area contributed by atoms with E-state index < -0.39 is 36.4 Å². The van der Waals surface area contributed by atoms with E-state index in [0.717, 1.165) is 5.56 Å². The second-order valence-electron chi connectivity index (χ2n) is 5.24. The summed E-state index contributed by atoms with van der Waals surface area (Å²) >= 11 is 0. The van der Waals surface area contributed by atoms with Crippen molar-refractivity contribution in [2.75, 3.05) is 6.61 Å². The van der Waals surface area contributed by atoms with E-state index in [9.17, 15) is 14.7 Å². The summed E-state index contributed by atoms with van der Waals surface area (Å²) < 4.78 is 15.3. The number of aliphatic hydroxyl groups is 1. The third-order valence-electron chi connectivity index (χ3n) is 3.56. The minimum Gasteiger partial charge on any atom is -0.464 e. The molecule has 1 aromatic rings. The minimum atomic E-state index is -1.19. The Kier molecular flexibility index (Phi) is 5.95. The van der Waals surface area contributed by atoms with Gasteiger partial charge in [-0.1, -0.05) is 30.3 Å². The number of alkyl carbamates (subject to hydrolysis) is 1. The molecule has 126 valence electrons. The molecule has 1 aliphatic rings. The number of carbonyl (C=O) groups is 2. The lowest BCUT2D eigenvalue weighted by Crippen LogP contribution is -2.48. The summed E-state index contributed by atoms with van der Waals surface area (Å²) in [4.78, 5) is 23.5. The van der Waals surface area contributed by atoms with Crippen molar-refractivity contribution in [2.45, 2.75) is 44.8 Å². The number of hydrogen-bond acceptors (Lipinski definition) is 6. The molecule has 2 N–H and O–H groups in total. The van der Waals surface area contributed by atoms with Crippen molar-refractivity contribution in [3.05, 3.63) is 35.9 Å². The van der Waals surface area contributed by atoms with Gasteiger partial charge in [-0.25, -0.2) is 9.59 Å². The van der Waals surface area contributed by atoms with Gasteiger partial charge in [0, 0.05) is 0 Å². The Hall–Kier alpha value is -2.12. The van der Waals surface area contributed by atoms with Gasteiger partial charge in [0.1, 0.15) is 12.7 Å². The van der Waals surface area contributed by atoms with Gasteiger partial charge in [0.25, 0.3) is 0 Å². The lowest BCUT2D eigenvalue weighted by Gasteiger charge is -2.19. The summed E-state index contributed by atoms with van der Waals surface area (Å²) in [6.07, 6.45) is -3.51. The second-order valence-corrected chi connectivity index (χ2v) is 5.24. The van der Waals surface area contributed by atoms with Crippen LogP contribution in [0.5, 0.6) is 0 Å². The van der Waals surface area contributed by atoms with Gasteiger partial charge < -0.3 is 24.6 Å². The minimum absolute atomic E-state index is 0.117. The van der Waals surface area contributed by atoms with Gasteiger partial charge in [0.05, 0.1) is 18.8 Å². The van der Waals surface area contributed by atoms with Crippen LogP contribution in [-0.4, -0.2) is 48.1 Å². The quantitative estimate of drug-likeness (QED) is 0.785. The van der Waals surface area contributed by atoms with Crippen molar-refractivity contribution in [1.82, 2.24) is 5.32 Å². The number of rotatable bonds is 5. The highest BCUT2D eigenvalue weighted by molar-refractivity contribution is 5.76. The topological polar surface area (TPSA) is 94.1 Å². The molecule has 2 rings (SSSR count). The van der Waals surface area contributed by atoms with Crippen LogP contribution in [0, 0.1) is 0 Å². The molecule has 0 unspecified atom stereocenters. The zero-order valence-corrected chi connectivity index (χ0v) is 13.1. The average Bonchev–Trinajstić information content (AvgIpc) is 2.82. The fraction of sp³-hybridized carbons (Fsp3) is 0.500. The molecule has 7 heteroatoms. The van der Waals surface area contributed by atoms with Gasteiger partial charge >= 0.3 is 12.1 Å². The van der Waals surface area contributed by atoms with Crippen molar-refractivity contribution in [3.8, 4) is 0 Å². The Morgan fingerprint density at radius 2 is 1.96 bits per heavy atom. The molecular weight excluding hydrogens is 302 g/mol. The molecule has 1 fully saturated rings. The van der Waals surface area contributed by atoms with Crippen LogP contribution in [0.4, 0.5) is 4.79 Å². The van der Waals surface area contributed by atoms with Crippen LogP contribution >= 0.6 is 0 Å². The smallest absolute Gasteiger partial charge is 0.407 e. The van der Waals surface area contributed by atoms with Crippen molar-refractivity contribution in [1.29, 1.82) is 0 Å². The molecule has 0 saturated carbocycles. The first-order valence-electron chi connectivity index (χ1n) is 7.50. The van der Waals surface area contributed by atoms with Gasteiger partial charge in [0.2, 0.25) is 0 Å². The molecule has 1 aliphatic heterocycles. The first-order chi connectivity index (χ1) is 11.0. The Labute approximate surface area is 134 Å². The third kappa shape index (κ3) is 4.43. The van der Waals surface area contributed by atoms with Crippen LogP contribution in [-0.2, 0) is 25.6 Å². The van der Waals surface area contributed by atoms with Crippen LogP contribution in [0.1, 0.15) is 19.4 Å². The van der Waals surface area contributed by atoms with Crippen molar-refractivity contribution in [2.24, 2.45) is 0 Å².